The van der Waals surface area contributed by atoms with E-state index in [2.05, 4.69) is 10.3 Å². The monoisotopic (exact) mass is 282 g/mol. The molecule has 0 aromatic carbocycles. The first-order valence-electron chi connectivity index (χ1n) is 6.09. The van der Waals surface area contributed by atoms with Gasteiger partial charge in [0, 0.05) is 24.2 Å². The number of cyclic esters (lactones) is 1. The number of carbonyl (C=O) groups excluding carboxylic acids is 1. The van der Waals surface area contributed by atoms with Gasteiger partial charge in [-0.2, -0.15) is 0 Å². The van der Waals surface area contributed by atoms with Crippen molar-refractivity contribution in [1.82, 2.24) is 10.3 Å². The average Bonchev–Trinajstić information content (AvgIpc) is 3.14. The Morgan fingerprint density at radius 1 is 1.53 bits per heavy atom. The van der Waals surface area contributed by atoms with Crippen molar-refractivity contribution >= 4 is 17.6 Å². The highest BCUT2D eigenvalue weighted by Crippen LogP contribution is 2.25. The van der Waals surface area contributed by atoms with Crippen LogP contribution in [0.4, 0.5) is 4.39 Å². The van der Waals surface area contributed by atoms with Crippen molar-refractivity contribution in [3.8, 4) is 0 Å². The summed E-state index contributed by atoms with van der Waals surface area (Å²) in [6.45, 7) is 0.248. The van der Waals surface area contributed by atoms with Gasteiger partial charge in [0.2, 0.25) is 0 Å². The smallest absolute Gasteiger partial charge is 0.354 e. The third kappa shape index (κ3) is 2.71. The number of pyridine rings is 1. The molecule has 1 aliphatic carbocycles. The molecule has 0 amide bonds. The van der Waals surface area contributed by atoms with Crippen LogP contribution in [0, 0.1) is 5.82 Å². The topological polar surface area (TPSA) is 51.2 Å². The van der Waals surface area contributed by atoms with E-state index in [-0.39, 0.29) is 17.7 Å². The van der Waals surface area contributed by atoms with E-state index in [0.717, 1.165) is 18.4 Å². The summed E-state index contributed by atoms with van der Waals surface area (Å²) >= 11 is 5.54. The summed E-state index contributed by atoms with van der Waals surface area (Å²) in [7, 11) is 0. The molecule has 1 aliphatic heterocycles. The third-order valence-corrected chi connectivity index (χ3v) is 3.41. The maximum Gasteiger partial charge on any atom is 0.354 e. The van der Waals surface area contributed by atoms with Gasteiger partial charge in [0.05, 0.1) is 0 Å². The predicted octanol–water partition coefficient (Wildman–Crippen LogP) is 1.98. The van der Waals surface area contributed by atoms with Crippen LogP contribution in [-0.2, 0) is 16.0 Å². The van der Waals surface area contributed by atoms with Crippen LogP contribution in [0.5, 0.6) is 0 Å². The fraction of sp³-hybridized carbons (Fsp3) is 0.385. The standard InChI is InChI=1S/C13H12ClFN2O2/c14-12-10(15)4-7(5-16-12)3-8-6-19-13(18)11(8)17-9-1-2-9/h4-5,9,17H,1-3,6H2. The summed E-state index contributed by atoms with van der Waals surface area (Å²) in [6, 6.07) is 1.70. The van der Waals surface area contributed by atoms with Crippen molar-refractivity contribution in [3.05, 3.63) is 40.1 Å². The van der Waals surface area contributed by atoms with Crippen LogP contribution in [0.2, 0.25) is 5.15 Å². The van der Waals surface area contributed by atoms with Gasteiger partial charge in [0.25, 0.3) is 0 Å². The maximum atomic E-state index is 13.3. The minimum absolute atomic E-state index is 0.146. The van der Waals surface area contributed by atoms with Crippen molar-refractivity contribution in [2.24, 2.45) is 0 Å². The number of hydrogen-bond donors (Lipinski definition) is 1. The lowest BCUT2D eigenvalue weighted by molar-refractivity contribution is -0.136. The van der Waals surface area contributed by atoms with Gasteiger partial charge in [-0.15, -0.1) is 0 Å². The lowest BCUT2D eigenvalue weighted by Crippen LogP contribution is -2.21. The molecule has 0 bridgehead atoms. The lowest BCUT2D eigenvalue weighted by atomic mass is 10.1. The van der Waals surface area contributed by atoms with Crippen molar-refractivity contribution in [1.29, 1.82) is 0 Å². The number of halogens is 2. The largest absolute Gasteiger partial charge is 0.456 e. The Kier molecular flexibility index (Phi) is 3.14. The molecule has 6 heteroatoms. The Bertz CT molecular complexity index is 570. The van der Waals surface area contributed by atoms with Crippen LogP contribution in [-0.4, -0.2) is 23.6 Å². The Hall–Kier alpha value is -1.62. The highest BCUT2D eigenvalue weighted by molar-refractivity contribution is 6.29. The number of rotatable bonds is 4. The van der Waals surface area contributed by atoms with Gasteiger partial charge in [-0.1, -0.05) is 11.6 Å². The average molecular weight is 283 g/mol. The zero-order chi connectivity index (χ0) is 13.4. The van der Waals surface area contributed by atoms with E-state index in [4.69, 9.17) is 16.3 Å². The first-order chi connectivity index (χ1) is 9.13. The quantitative estimate of drug-likeness (QED) is 0.678. The van der Waals surface area contributed by atoms with E-state index in [1.165, 1.54) is 12.3 Å². The molecule has 1 saturated carbocycles. The summed E-state index contributed by atoms with van der Waals surface area (Å²) < 4.78 is 18.3. The molecule has 0 atom stereocenters. The van der Waals surface area contributed by atoms with Gasteiger partial charge < -0.3 is 10.1 Å². The Morgan fingerprint density at radius 3 is 3.00 bits per heavy atom. The molecule has 1 fully saturated rings. The van der Waals surface area contributed by atoms with E-state index >= 15 is 0 Å². The maximum absolute atomic E-state index is 13.3. The van der Waals surface area contributed by atoms with Gasteiger partial charge in [0.1, 0.15) is 12.3 Å². The molecule has 3 rings (SSSR count). The Morgan fingerprint density at radius 2 is 2.32 bits per heavy atom. The normalized spacial score (nSPS) is 18.7. The first-order valence-corrected chi connectivity index (χ1v) is 6.47. The molecule has 19 heavy (non-hydrogen) atoms. The van der Waals surface area contributed by atoms with Crippen LogP contribution >= 0.6 is 11.6 Å². The number of ether oxygens (including phenoxy) is 1. The molecule has 2 aliphatic rings. The van der Waals surface area contributed by atoms with Crippen LogP contribution in [0.15, 0.2) is 23.5 Å². The molecule has 0 unspecified atom stereocenters. The van der Waals surface area contributed by atoms with E-state index in [1.807, 2.05) is 0 Å². The van der Waals surface area contributed by atoms with Gasteiger partial charge >= 0.3 is 5.97 Å². The molecule has 0 radical (unpaired) electrons. The second kappa shape index (κ2) is 4.81. The fourth-order valence-electron chi connectivity index (χ4n) is 1.98. The summed E-state index contributed by atoms with van der Waals surface area (Å²) in [4.78, 5) is 15.4. The summed E-state index contributed by atoms with van der Waals surface area (Å²) in [5, 5.41) is 3.02. The third-order valence-electron chi connectivity index (χ3n) is 3.13. The molecule has 2 heterocycles. The van der Waals surface area contributed by atoms with E-state index in [9.17, 15) is 9.18 Å². The Labute approximate surface area is 114 Å². The highest BCUT2D eigenvalue weighted by Gasteiger charge is 2.30. The zero-order valence-corrected chi connectivity index (χ0v) is 10.8. The minimum atomic E-state index is -0.554. The Balaban J connectivity index is 1.81. The number of nitrogens with one attached hydrogen (secondary N) is 1. The highest BCUT2D eigenvalue weighted by atomic mass is 35.5. The lowest BCUT2D eigenvalue weighted by Gasteiger charge is -2.06. The second-order valence-electron chi connectivity index (χ2n) is 4.77. The van der Waals surface area contributed by atoms with Crippen molar-refractivity contribution in [3.63, 3.8) is 0 Å². The molecular weight excluding hydrogens is 271 g/mol. The number of carbonyl (C=O) groups is 1. The molecule has 0 saturated heterocycles. The predicted molar refractivity (Wildman–Crippen MR) is 67.1 cm³/mol. The molecule has 4 nitrogen and oxygen atoms in total. The number of nitrogens with zero attached hydrogens (tertiary/aromatic N) is 1. The summed E-state index contributed by atoms with van der Waals surface area (Å²) in [6.07, 6.45) is 4.08. The van der Waals surface area contributed by atoms with Crippen LogP contribution in [0.3, 0.4) is 0 Å². The summed E-state index contributed by atoms with van der Waals surface area (Å²) in [5.41, 5.74) is 2.03. The number of hydrogen-bond acceptors (Lipinski definition) is 4. The van der Waals surface area contributed by atoms with Crippen molar-refractivity contribution in [2.45, 2.75) is 25.3 Å². The SMILES string of the molecule is O=C1OCC(Cc2cnc(Cl)c(F)c2)=C1NC1CC1. The fourth-order valence-corrected chi connectivity index (χ4v) is 2.08. The van der Waals surface area contributed by atoms with E-state index in [1.54, 1.807) is 0 Å². The van der Waals surface area contributed by atoms with E-state index < -0.39 is 5.82 Å². The molecule has 1 N–H and O–H groups in total. The first kappa shape index (κ1) is 12.4. The zero-order valence-electron chi connectivity index (χ0n) is 10.1. The van der Waals surface area contributed by atoms with E-state index in [0.29, 0.717) is 23.7 Å². The van der Waals surface area contributed by atoms with Gasteiger partial charge in [-0.3, -0.25) is 0 Å². The van der Waals surface area contributed by atoms with Crippen LogP contribution < -0.4 is 5.32 Å². The molecule has 100 valence electrons. The number of aromatic nitrogens is 1. The summed E-state index contributed by atoms with van der Waals surface area (Å²) in [5.74, 6) is -0.883. The minimum Gasteiger partial charge on any atom is -0.456 e. The van der Waals surface area contributed by atoms with Gasteiger partial charge in [0.15, 0.2) is 11.0 Å². The second-order valence-corrected chi connectivity index (χ2v) is 5.12. The van der Waals surface area contributed by atoms with Crippen molar-refractivity contribution in [2.75, 3.05) is 6.61 Å². The van der Waals surface area contributed by atoms with Crippen LogP contribution in [0.1, 0.15) is 18.4 Å². The van der Waals surface area contributed by atoms with Crippen LogP contribution in [0.25, 0.3) is 0 Å². The van der Waals surface area contributed by atoms with Gasteiger partial charge in [-0.05, 0) is 24.5 Å². The molecule has 0 spiro atoms. The van der Waals surface area contributed by atoms with Crippen molar-refractivity contribution < 1.29 is 13.9 Å². The molecular formula is C13H12ClFN2O2. The number of esters is 1. The van der Waals surface area contributed by atoms with Gasteiger partial charge in [-0.25, -0.2) is 14.2 Å². The molecule has 1 aromatic heterocycles. The molecule has 1 aromatic rings.